The zero-order valence-electron chi connectivity index (χ0n) is 2.22. The van der Waals surface area contributed by atoms with Crippen molar-refractivity contribution >= 4 is 9.17 Å². The summed E-state index contributed by atoms with van der Waals surface area (Å²) >= 11 is 0. The van der Waals surface area contributed by atoms with E-state index in [-0.39, 0.29) is 26.2 Å². The van der Waals surface area contributed by atoms with Crippen LogP contribution in [0.1, 0.15) is 0 Å². The van der Waals surface area contributed by atoms with E-state index in [1.165, 1.54) is 0 Å². The minimum Gasteiger partial charge on any atom is -0.672 e. The summed E-state index contributed by atoms with van der Waals surface area (Å²) in [4.78, 5) is 17.0. The molecule has 0 amide bonds. The second kappa shape index (κ2) is 4.50. The Labute approximate surface area is 49.7 Å². The van der Waals surface area contributed by atoms with Gasteiger partial charge in [0.05, 0.1) is 0 Å². The molecule has 0 radical (unpaired) electrons. The van der Waals surface area contributed by atoms with Crippen molar-refractivity contribution in [2.45, 2.75) is 0 Å². The first-order valence-electron chi connectivity index (χ1n) is 0.612. The van der Waals surface area contributed by atoms with Crippen LogP contribution in [0.15, 0.2) is 0 Å². The Morgan fingerprint density at radius 3 is 1.40 bits per heavy atom. The number of hydrogen-bond donors (Lipinski definition) is 0. The molecule has 0 spiro atoms. The molecule has 0 aliphatic heterocycles. The predicted octanol–water partition coefficient (Wildman–Crippen LogP) is -2.88. The van der Waals surface area contributed by atoms with Crippen molar-refractivity contribution in [2.24, 2.45) is 0 Å². The van der Waals surface area contributed by atoms with E-state index >= 15 is 0 Å². The zero-order chi connectivity index (χ0) is 3.58. The van der Waals surface area contributed by atoms with Gasteiger partial charge in [-0.2, -0.15) is 0 Å². The summed E-state index contributed by atoms with van der Waals surface area (Å²) in [5, 5.41) is 0. The van der Waals surface area contributed by atoms with E-state index in [4.69, 9.17) is 14.1 Å². The van der Waals surface area contributed by atoms with E-state index in [0.717, 1.165) is 0 Å². The minimum absolute atomic E-state index is 0. The van der Waals surface area contributed by atoms with Crippen molar-refractivity contribution in [2.75, 3.05) is 0 Å². The fourth-order valence-corrected chi connectivity index (χ4v) is 0. The first-order valence-corrected chi connectivity index (χ1v) is 1.84. The van der Waals surface area contributed by atoms with Gasteiger partial charge in [-0.15, -0.1) is 0 Å². The second-order valence-electron chi connectivity index (χ2n) is 0.250. The third-order valence-corrected chi connectivity index (χ3v) is 0. The van der Waals surface area contributed by atoms with Crippen LogP contribution in [0.4, 0.5) is 0 Å². The van der Waals surface area contributed by atoms with Crippen LogP contribution < -0.4 is 9.59 Å². The molecule has 0 bridgehead atoms. The Bertz CT molecular complexity index is 29.9. The first kappa shape index (κ1) is 9.09. The van der Waals surface area contributed by atoms with Crippen LogP contribution in [0.2, 0.25) is 0 Å². The van der Waals surface area contributed by atoms with Gasteiger partial charge in [-0.1, -0.05) is 0 Å². The maximum Gasteiger partial charge on any atom is 2.00 e. The standard InChI is InChI=1S/O3Si.Zr/c1-4(2)3;/q-2;+2. The van der Waals surface area contributed by atoms with Gasteiger partial charge in [-0.25, -0.2) is 0 Å². The van der Waals surface area contributed by atoms with Crippen LogP contribution >= 0.6 is 0 Å². The van der Waals surface area contributed by atoms with Crippen LogP contribution in [-0.2, 0) is 30.7 Å². The number of hydrogen-bond acceptors (Lipinski definition) is 3. The molecular weight excluding hydrogens is 167 g/mol. The van der Waals surface area contributed by atoms with Crippen molar-refractivity contribution in [3.63, 3.8) is 0 Å². The zero-order valence-corrected chi connectivity index (χ0v) is 5.68. The third-order valence-electron chi connectivity index (χ3n) is 0. The van der Waals surface area contributed by atoms with Crippen molar-refractivity contribution in [3.05, 3.63) is 0 Å². The molecule has 0 N–H and O–H groups in total. The van der Waals surface area contributed by atoms with Crippen LogP contribution in [0.5, 0.6) is 0 Å². The molecular formula is O3SiZr. The van der Waals surface area contributed by atoms with Crippen LogP contribution in [0.3, 0.4) is 0 Å². The molecule has 0 aromatic rings. The quantitative estimate of drug-likeness (QED) is 0.364. The van der Waals surface area contributed by atoms with Gasteiger partial charge in [0.1, 0.15) is 0 Å². The third kappa shape index (κ3) is 113. The Morgan fingerprint density at radius 2 is 1.40 bits per heavy atom. The summed E-state index contributed by atoms with van der Waals surface area (Å²) in [7, 11) is -3.63. The monoisotopic (exact) mass is 166 g/mol. The van der Waals surface area contributed by atoms with Gasteiger partial charge in [-0.05, 0) is 0 Å². The average Bonchev–Trinajstić information content (AvgIpc) is 0.811. The van der Waals surface area contributed by atoms with E-state index in [9.17, 15) is 0 Å². The van der Waals surface area contributed by atoms with Crippen LogP contribution in [0.25, 0.3) is 0 Å². The Kier molecular flexibility index (Phi) is 8.18. The van der Waals surface area contributed by atoms with Gasteiger partial charge in [0.15, 0.2) is 0 Å². The number of rotatable bonds is 0. The summed E-state index contributed by atoms with van der Waals surface area (Å²) in [6.07, 6.45) is 0. The molecule has 5 heteroatoms. The molecule has 0 saturated heterocycles. The molecule has 0 heterocycles. The maximum atomic E-state index is 8.52. The largest absolute Gasteiger partial charge is 2.00 e. The van der Waals surface area contributed by atoms with Crippen molar-refractivity contribution in [1.82, 2.24) is 0 Å². The summed E-state index contributed by atoms with van der Waals surface area (Å²) < 4.78 is 8.52. The molecule has 0 saturated carbocycles. The fraction of sp³-hybridized carbons (Fsp3) is 0. The summed E-state index contributed by atoms with van der Waals surface area (Å²) in [5.41, 5.74) is 0. The minimum atomic E-state index is -3.63. The first-order chi connectivity index (χ1) is 1.73. The smallest absolute Gasteiger partial charge is 0.672 e. The molecule has 5 heavy (non-hydrogen) atoms. The molecule has 0 unspecified atom stereocenters. The van der Waals surface area contributed by atoms with Crippen molar-refractivity contribution in [3.8, 4) is 0 Å². The molecule has 0 atom stereocenters. The van der Waals surface area contributed by atoms with Gasteiger partial charge in [0, 0.05) is 9.17 Å². The summed E-state index contributed by atoms with van der Waals surface area (Å²) in [6.45, 7) is 0. The van der Waals surface area contributed by atoms with E-state index in [1.54, 1.807) is 0 Å². The van der Waals surface area contributed by atoms with Gasteiger partial charge in [-0.3, -0.25) is 0 Å². The second-order valence-corrected chi connectivity index (χ2v) is 0.750. The SMILES string of the molecule is O=[Si]([O-])[O-].[Zr+2]. The van der Waals surface area contributed by atoms with E-state index in [1.807, 2.05) is 0 Å². The molecule has 0 fully saturated rings. The Morgan fingerprint density at radius 1 is 1.40 bits per heavy atom. The summed E-state index contributed by atoms with van der Waals surface area (Å²) in [5.74, 6) is 0. The van der Waals surface area contributed by atoms with E-state index in [2.05, 4.69) is 0 Å². The molecule has 0 aliphatic carbocycles. The normalized spacial score (nSPS) is 4.80. The molecule has 3 nitrogen and oxygen atoms in total. The van der Waals surface area contributed by atoms with Gasteiger partial charge >= 0.3 is 26.2 Å². The maximum absolute atomic E-state index is 8.52. The molecule has 26 valence electrons. The van der Waals surface area contributed by atoms with Crippen LogP contribution in [0, 0.1) is 0 Å². The molecule has 0 aromatic heterocycles. The average molecular weight is 167 g/mol. The molecule has 0 aliphatic rings. The van der Waals surface area contributed by atoms with Gasteiger partial charge < -0.3 is 14.1 Å². The molecule has 0 aromatic carbocycles. The van der Waals surface area contributed by atoms with Crippen LogP contribution in [-0.4, -0.2) is 9.17 Å². The Balaban J connectivity index is 0. The van der Waals surface area contributed by atoms with Crippen molar-refractivity contribution in [1.29, 1.82) is 0 Å². The molecule has 0 rings (SSSR count). The predicted molar refractivity (Wildman–Crippen MR) is 6.44 cm³/mol. The van der Waals surface area contributed by atoms with Gasteiger partial charge in [0.2, 0.25) is 0 Å². The van der Waals surface area contributed by atoms with Crippen molar-refractivity contribution < 1.29 is 40.3 Å². The Hall–Kier alpha value is 0.500. The van der Waals surface area contributed by atoms with Gasteiger partial charge in [0.25, 0.3) is 0 Å². The van der Waals surface area contributed by atoms with E-state index < -0.39 is 9.17 Å². The summed E-state index contributed by atoms with van der Waals surface area (Å²) in [6, 6.07) is 0. The fourth-order valence-electron chi connectivity index (χ4n) is 0. The topological polar surface area (TPSA) is 63.2 Å². The van der Waals surface area contributed by atoms with E-state index in [0.29, 0.717) is 0 Å².